The molecule has 1 heterocycles. The van der Waals surface area contributed by atoms with E-state index in [1.165, 1.54) is 24.1 Å². The second kappa shape index (κ2) is 3.35. The highest BCUT2D eigenvalue weighted by atomic mass is 32.2. The second-order valence-corrected chi connectivity index (χ2v) is 4.77. The van der Waals surface area contributed by atoms with Gasteiger partial charge in [-0.05, 0) is 30.9 Å². The third-order valence-corrected chi connectivity index (χ3v) is 3.54. The SMILES string of the molecule is Fc1cc2c(cc1F)N(C1CC1)CNS2. The predicted molar refractivity (Wildman–Crippen MR) is 55.7 cm³/mol. The monoisotopic (exact) mass is 228 g/mol. The van der Waals surface area contributed by atoms with E-state index in [0.717, 1.165) is 23.4 Å². The molecule has 15 heavy (non-hydrogen) atoms. The fourth-order valence-electron chi connectivity index (χ4n) is 1.80. The van der Waals surface area contributed by atoms with Crippen LogP contribution in [0.1, 0.15) is 12.8 Å². The maximum atomic E-state index is 13.1. The minimum absolute atomic E-state index is 0.502. The first-order chi connectivity index (χ1) is 7.25. The zero-order chi connectivity index (χ0) is 10.4. The molecular weight excluding hydrogens is 218 g/mol. The van der Waals surface area contributed by atoms with Crippen LogP contribution in [0.3, 0.4) is 0 Å². The highest BCUT2D eigenvalue weighted by molar-refractivity contribution is 7.97. The van der Waals surface area contributed by atoms with Crippen LogP contribution < -0.4 is 9.62 Å². The maximum Gasteiger partial charge on any atom is 0.160 e. The number of fused-ring (bicyclic) bond motifs is 1. The third kappa shape index (κ3) is 1.59. The number of hydrogen-bond donors (Lipinski definition) is 1. The average Bonchev–Trinajstić information content (AvgIpc) is 3.02. The van der Waals surface area contributed by atoms with E-state index in [-0.39, 0.29) is 0 Å². The van der Waals surface area contributed by atoms with Crippen molar-refractivity contribution >= 4 is 17.6 Å². The Balaban J connectivity index is 2.05. The van der Waals surface area contributed by atoms with E-state index in [1.54, 1.807) is 0 Å². The van der Waals surface area contributed by atoms with Crippen molar-refractivity contribution in [3.63, 3.8) is 0 Å². The summed E-state index contributed by atoms with van der Waals surface area (Å²) >= 11 is 1.36. The fourth-order valence-corrected chi connectivity index (χ4v) is 2.60. The zero-order valence-corrected chi connectivity index (χ0v) is 8.78. The van der Waals surface area contributed by atoms with Crippen molar-refractivity contribution in [2.45, 2.75) is 23.8 Å². The molecule has 3 rings (SSSR count). The highest BCUT2D eigenvalue weighted by Crippen LogP contribution is 2.39. The summed E-state index contributed by atoms with van der Waals surface area (Å²) in [7, 11) is 0. The quantitative estimate of drug-likeness (QED) is 0.743. The number of nitrogens with one attached hydrogen (secondary N) is 1. The standard InChI is InChI=1S/C10H10F2N2S/c11-7-3-9-10(4-8(7)12)15-13-5-14(9)6-1-2-6/h3-4,6,13H,1-2,5H2. The summed E-state index contributed by atoms with van der Waals surface area (Å²) in [5.41, 5.74) is 0.820. The molecule has 0 aromatic heterocycles. The Labute approximate surface area is 90.8 Å². The Morgan fingerprint density at radius 3 is 2.73 bits per heavy atom. The van der Waals surface area contributed by atoms with Gasteiger partial charge in [-0.3, -0.25) is 0 Å². The average molecular weight is 228 g/mol. The molecule has 0 amide bonds. The van der Waals surface area contributed by atoms with E-state index in [9.17, 15) is 8.78 Å². The number of halogens is 2. The summed E-state index contributed by atoms with van der Waals surface area (Å²) in [4.78, 5) is 2.88. The topological polar surface area (TPSA) is 15.3 Å². The Hall–Kier alpha value is -0.810. The van der Waals surface area contributed by atoms with Gasteiger partial charge in [0.1, 0.15) is 0 Å². The van der Waals surface area contributed by atoms with Crippen molar-refractivity contribution < 1.29 is 8.78 Å². The molecule has 0 bridgehead atoms. The van der Waals surface area contributed by atoms with Gasteiger partial charge in [0.25, 0.3) is 0 Å². The van der Waals surface area contributed by atoms with Crippen molar-refractivity contribution in [3.8, 4) is 0 Å². The molecule has 1 aromatic rings. The van der Waals surface area contributed by atoms with Crippen molar-refractivity contribution in [1.29, 1.82) is 0 Å². The summed E-state index contributed by atoms with van der Waals surface area (Å²) < 4.78 is 29.3. The van der Waals surface area contributed by atoms with E-state index in [1.807, 2.05) is 0 Å². The number of nitrogens with zero attached hydrogens (tertiary/aromatic N) is 1. The predicted octanol–water partition coefficient (Wildman–Crippen LogP) is 2.50. The molecule has 1 aliphatic carbocycles. The zero-order valence-electron chi connectivity index (χ0n) is 7.96. The summed E-state index contributed by atoms with van der Waals surface area (Å²) in [6, 6.07) is 3.07. The number of anilines is 1. The van der Waals surface area contributed by atoms with Gasteiger partial charge in [0.15, 0.2) is 11.6 Å². The molecule has 0 saturated heterocycles. The van der Waals surface area contributed by atoms with Gasteiger partial charge >= 0.3 is 0 Å². The molecule has 5 heteroatoms. The smallest absolute Gasteiger partial charge is 0.160 e. The van der Waals surface area contributed by atoms with E-state index in [2.05, 4.69) is 9.62 Å². The molecule has 1 N–H and O–H groups in total. The van der Waals surface area contributed by atoms with Crippen LogP contribution in [0.15, 0.2) is 17.0 Å². The molecule has 1 fully saturated rings. The molecule has 0 unspecified atom stereocenters. The van der Waals surface area contributed by atoms with Gasteiger partial charge in [-0.2, -0.15) is 0 Å². The van der Waals surface area contributed by atoms with Gasteiger partial charge in [0.2, 0.25) is 0 Å². The lowest BCUT2D eigenvalue weighted by atomic mass is 10.2. The molecule has 2 nitrogen and oxygen atoms in total. The largest absolute Gasteiger partial charge is 0.354 e. The third-order valence-electron chi connectivity index (χ3n) is 2.72. The van der Waals surface area contributed by atoms with E-state index in [0.29, 0.717) is 12.7 Å². The van der Waals surface area contributed by atoms with Crippen LogP contribution in [0, 0.1) is 11.6 Å². The van der Waals surface area contributed by atoms with Crippen LogP contribution >= 0.6 is 11.9 Å². The van der Waals surface area contributed by atoms with Crippen molar-refractivity contribution in [3.05, 3.63) is 23.8 Å². The van der Waals surface area contributed by atoms with Crippen LogP contribution in [-0.2, 0) is 0 Å². The Kier molecular flexibility index (Phi) is 2.10. The van der Waals surface area contributed by atoms with E-state index < -0.39 is 11.6 Å². The van der Waals surface area contributed by atoms with Gasteiger partial charge in [-0.1, -0.05) is 0 Å². The van der Waals surface area contributed by atoms with Gasteiger partial charge in [-0.25, -0.2) is 13.5 Å². The van der Waals surface area contributed by atoms with Gasteiger partial charge in [0, 0.05) is 17.0 Å². The summed E-state index contributed by atoms with van der Waals surface area (Å²) in [6.45, 7) is 0.702. The van der Waals surface area contributed by atoms with Crippen LogP contribution in [-0.4, -0.2) is 12.7 Å². The van der Waals surface area contributed by atoms with Gasteiger partial charge in [-0.15, -0.1) is 0 Å². The Morgan fingerprint density at radius 2 is 2.00 bits per heavy atom. The van der Waals surface area contributed by atoms with Crippen LogP contribution in [0.25, 0.3) is 0 Å². The van der Waals surface area contributed by atoms with Crippen LogP contribution in [0.5, 0.6) is 0 Å². The Bertz CT molecular complexity index is 407. The minimum atomic E-state index is -0.777. The first kappa shape index (κ1) is 9.42. The van der Waals surface area contributed by atoms with Crippen molar-refractivity contribution in [2.75, 3.05) is 11.6 Å². The van der Waals surface area contributed by atoms with E-state index in [4.69, 9.17) is 0 Å². The normalized spacial score (nSPS) is 20.3. The number of rotatable bonds is 1. The number of benzene rings is 1. The lowest BCUT2D eigenvalue weighted by molar-refractivity contribution is 0.504. The summed E-state index contributed by atoms with van der Waals surface area (Å²) in [6.07, 6.45) is 2.29. The van der Waals surface area contributed by atoms with Crippen molar-refractivity contribution in [1.82, 2.24) is 4.72 Å². The first-order valence-electron chi connectivity index (χ1n) is 4.91. The number of hydrogen-bond acceptors (Lipinski definition) is 3. The molecule has 1 saturated carbocycles. The molecule has 0 spiro atoms. The van der Waals surface area contributed by atoms with Crippen LogP contribution in [0.2, 0.25) is 0 Å². The lowest BCUT2D eigenvalue weighted by Crippen LogP contribution is -2.36. The minimum Gasteiger partial charge on any atom is -0.354 e. The van der Waals surface area contributed by atoms with Gasteiger partial charge in [0.05, 0.1) is 12.4 Å². The fraction of sp³-hybridized carbons (Fsp3) is 0.400. The van der Waals surface area contributed by atoms with Crippen molar-refractivity contribution in [2.24, 2.45) is 0 Å². The molecule has 0 radical (unpaired) electrons. The molecular formula is C10H10F2N2S. The molecule has 1 aromatic carbocycles. The molecule has 0 atom stereocenters. The van der Waals surface area contributed by atoms with E-state index >= 15 is 0 Å². The van der Waals surface area contributed by atoms with Gasteiger partial charge < -0.3 is 4.90 Å². The second-order valence-electron chi connectivity index (χ2n) is 3.84. The highest BCUT2D eigenvalue weighted by Gasteiger charge is 2.32. The van der Waals surface area contributed by atoms with Crippen LogP contribution in [0.4, 0.5) is 14.5 Å². The molecule has 80 valence electrons. The summed E-state index contributed by atoms with van der Waals surface area (Å²) in [5, 5.41) is 0. The summed E-state index contributed by atoms with van der Waals surface area (Å²) in [5.74, 6) is -1.54. The lowest BCUT2D eigenvalue weighted by Gasteiger charge is -2.31. The molecule has 1 aliphatic heterocycles. The maximum absolute atomic E-state index is 13.1. The molecule has 2 aliphatic rings. The Morgan fingerprint density at radius 1 is 1.27 bits per heavy atom. The first-order valence-corrected chi connectivity index (χ1v) is 5.73.